The van der Waals surface area contributed by atoms with E-state index in [4.69, 9.17) is 0 Å². The summed E-state index contributed by atoms with van der Waals surface area (Å²) in [5, 5.41) is 0.682. The number of H-pyrrole nitrogens is 1. The number of ether oxygens (including phenoxy) is 1. The van der Waals surface area contributed by atoms with Crippen molar-refractivity contribution >= 4 is 32.8 Å². The van der Waals surface area contributed by atoms with Crippen molar-refractivity contribution in [3.63, 3.8) is 0 Å². The average molecular weight is 286 g/mol. The summed E-state index contributed by atoms with van der Waals surface area (Å²) in [7, 11) is 1.28. The predicted octanol–water partition coefficient (Wildman–Crippen LogP) is 3.16. The van der Waals surface area contributed by atoms with E-state index in [0.717, 1.165) is 5.56 Å². The molecule has 0 aliphatic carbocycles. The fourth-order valence-corrected chi connectivity index (χ4v) is 2.15. The lowest BCUT2D eigenvalue weighted by Gasteiger charge is -1.99. The SMILES string of the molecule is COC(=O)c1cc2c(C)cc(Br)c(F)c2[nH]1. The summed E-state index contributed by atoms with van der Waals surface area (Å²) in [5.74, 6) is -0.915. The van der Waals surface area contributed by atoms with Gasteiger partial charge in [0.2, 0.25) is 0 Å². The minimum Gasteiger partial charge on any atom is -0.464 e. The molecule has 0 bridgehead atoms. The lowest BCUT2D eigenvalue weighted by Crippen LogP contribution is -2.00. The van der Waals surface area contributed by atoms with Crippen molar-refractivity contribution < 1.29 is 13.9 Å². The van der Waals surface area contributed by atoms with Crippen LogP contribution in [0.5, 0.6) is 0 Å². The molecular weight excluding hydrogens is 277 g/mol. The van der Waals surface area contributed by atoms with Crippen molar-refractivity contribution in [1.82, 2.24) is 4.98 Å². The summed E-state index contributed by atoms with van der Waals surface area (Å²) in [6, 6.07) is 3.26. The van der Waals surface area contributed by atoms with Crippen LogP contribution in [0, 0.1) is 12.7 Å². The number of aryl methyl sites for hydroxylation is 1. The topological polar surface area (TPSA) is 42.1 Å². The van der Waals surface area contributed by atoms with Crippen molar-refractivity contribution in [2.75, 3.05) is 7.11 Å². The number of benzene rings is 1. The number of carbonyl (C=O) groups is 1. The lowest BCUT2D eigenvalue weighted by atomic mass is 10.1. The molecule has 0 atom stereocenters. The highest BCUT2D eigenvalue weighted by Gasteiger charge is 2.15. The van der Waals surface area contributed by atoms with Crippen molar-refractivity contribution in [2.45, 2.75) is 6.92 Å². The number of halogens is 2. The number of hydrogen-bond donors (Lipinski definition) is 1. The third-order valence-electron chi connectivity index (χ3n) is 2.42. The molecular formula is C11H9BrFNO2. The van der Waals surface area contributed by atoms with Crippen LogP contribution >= 0.6 is 15.9 Å². The number of rotatable bonds is 1. The van der Waals surface area contributed by atoms with Gasteiger partial charge in [-0.05, 0) is 40.5 Å². The molecule has 3 nitrogen and oxygen atoms in total. The first-order valence-electron chi connectivity index (χ1n) is 4.60. The Hall–Kier alpha value is -1.36. The Morgan fingerprint density at radius 2 is 2.19 bits per heavy atom. The van der Waals surface area contributed by atoms with Crippen LogP contribution in [-0.4, -0.2) is 18.1 Å². The number of nitrogens with one attached hydrogen (secondary N) is 1. The fourth-order valence-electron chi connectivity index (χ4n) is 1.61. The lowest BCUT2D eigenvalue weighted by molar-refractivity contribution is 0.0595. The molecule has 16 heavy (non-hydrogen) atoms. The molecule has 1 heterocycles. The van der Waals surface area contributed by atoms with Gasteiger partial charge in [0, 0.05) is 5.39 Å². The minimum absolute atomic E-state index is 0.248. The molecule has 2 aromatic rings. The zero-order valence-corrected chi connectivity index (χ0v) is 10.3. The molecule has 5 heteroatoms. The van der Waals surface area contributed by atoms with E-state index in [0.29, 0.717) is 15.4 Å². The first kappa shape index (κ1) is 11.1. The molecule has 0 spiro atoms. The van der Waals surface area contributed by atoms with Gasteiger partial charge in [-0.3, -0.25) is 0 Å². The van der Waals surface area contributed by atoms with Crippen LogP contribution in [0.4, 0.5) is 4.39 Å². The molecule has 0 saturated heterocycles. The van der Waals surface area contributed by atoms with E-state index in [1.165, 1.54) is 7.11 Å². The summed E-state index contributed by atoms with van der Waals surface area (Å²) in [5.41, 5.74) is 1.44. The van der Waals surface area contributed by atoms with Crippen LogP contribution in [0.1, 0.15) is 16.1 Å². The van der Waals surface area contributed by atoms with Gasteiger partial charge in [0.25, 0.3) is 0 Å². The number of fused-ring (bicyclic) bond motifs is 1. The van der Waals surface area contributed by atoms with Crippen LogP contribution in [0.25, 0.3) is 10.9 Å². The van der Waals surface area contributed by atoms with Gasteiger partial charge in [0.05, 0.1) is 17.1 Å². The molecule has 0 aliphatic heterocycles. The van der Waals surface area contributed by atoms with Gasteiger partial charge in [-0.25, -0.2) is 9.18 Å². The van der Waals surface area contributed by atoms with Crippen molar-refractivity contribution in [3.8, 4) is 0 Å². The van der Waals surface area contributed by atoms with E-state index in [2.05, 4.69) is 25.7 Å². The van der Waals surface area contributed by atoms with E-state index >= 15 is 0 Å². The molecule has 1 N–H and O–H groups in total. The van der Waals surface area contributed by atoms with E-state index in [1.807, 2.05) is 6.92 Å². The number of methoxy groups -OCH3 is 1. The summed E-state index contributed by atoms with van der Waals surface area (Å²) in [6.45, 7) is 1.85. The number of esters is 1. The van der Waals surface area contributed by atoms with Gasteiger partial charge in [-0.15, -0.1) is 0 Å². The van der Waals surface area contributed by atoms with Crippen LogP contribution < -0.4 is 0 Å². The van der Waals surface area contributed by atoms with Gasteiger partial charge in [-0.2, -0.15) is 0 Å². The molecule has 1 aromatic carbocycles. The van der Waals surface area contributed by atoms with Crippen LogP contribution in [0.15, 0.2) is 16.6 Å². The van der Waals surface area contributed by atoms with Crippen LogP contribution in [0.2, 0.25) is 0 Å². The summed E-state index contributed by atoms with van der Waals surface area (Å²) >= 11 is 3.12. The first-order chi connectivity index (χ1) is 7.54. The smallest absolute Gasteiger partial charge is 0.354 e. The highest BCUT2D eigenvalue weighted by molar-refractivity contribution is 9.10. The van der Waals surface area contributed by atoms with E-state index in [1.54, 1.807) is 12.1 Å². The average Bonchev–Trinajstić information content (AvgIpc) is 2.70. The maximum absolute atomic E-state index is 13.7. The largest absolute Gasteiger partial charge is 0.464 e. The number of aromatic nitrogens is 1. The molecule has 0 radical (unpaired) electrons. The summed E-state index contributed by atoms with van der Waals surface area (Å²) < 4.78 is 18.7. The molecule has 0 fully saturated rings. The second kappa shape index (κ2) is 3.90. The van der Waals surface area contributed by atoms with Gasteiger partial charge in [0.15, 0.2) is 5.82 Å². The second-order valence-electron chi connectivity index (χ2n) is 3.45. The minimum atomic E-state index is -0.508. The zero-order valence-electron chi connectivity index (χ0n) is 8.73. The third-order valence-corrected chi connectivity index (χ3v) is 3.00. The first-order valence-corrected chi connectivity index (χ1v) is 5.39. The normalized spacial score (nSPS) is 10.8. The Morgan fingerprint density at radius 1 is 1.50 bits per heavy atom. The van der Waals surface area contributed by atoms with Crippen LogP contribution in [-0.2, 0) is 4.74 Å². The third kappa shape index (κ3) is 1.61. The summed E-state index contributed by atoms with van der Waals surface area (Å²) in [6.07, 6.45) is 0. The summed E-state index contributed by atoms with van der Waals surface area (Å²) in [4.78, 5) is 14.0. The zero-order chi connectivity index (χ0) is 11.9. The maximum atomic E-state index is 13.7. The number of hydrogen-bond acceptors (Lipinski definition) is 2. The number of carbonyl (C=O) groups excluding carboxylic acids is 1. The molecule has 0 amide bonds. The Labute approximate surface area is 99.7 Å². The fraction of sp³-hybridized carbons (Fsp3) is 0.182. The van der Waals surface area contributed by atoms with E-state index in [9.17, 15) is 9.18 Å². The van der Waals surface area contributed by atoms with Gasteiger partial charge in [0.1, 0.15) is 5.69 Å². The molecule has 0 aliphatic rings. The van der Waals surface area contributed by atoms with Crippen molar-refractivity contribution in [2.24, 2.45) is 0 Å². The Balaban J connectivity index is 2.74. The van der Waals surface area contributed by atoms with E-state index < -0.39 is 11.8 Å². The van der Waals surface area contributed by atoms with Gasteiger partial charge in [-0.1, -0.05) is 0 Å². The molecule has 1 aromatic heterocycles. The highest BCUT2D eigenvalue weighted by atomic mass is 79.9. The highest BCUT2D eigenvalue weighted by Crippen LogP contribution is 2.28. The standard InChI is InChI=1S/C11H9BrFNO2/c1-5-3-7(12)9(13)10-6(5)4-8(14-10)11(15)16-2/h3-4,14H,1-2H3. The van der Waals surface area contributed by atoms with Crippen LogP contribution in [0.3, 0.4) is 0 Å². The van der Waals surface area contributed by atoms with Gasteiger partial charge >= 0.3 is 5.97 Å². The molecule has 84 valence electrons. The van der Waals surface area contributed by atoms with E-state index in [-0.39, 0.29) is 5.69 Å². The second-order valence-corrected chi connectivity index (χ2v) is 4.31. The van der Waals surface area contributed by atoms with Crippen molar-refractivity contribution in [3.05, 3.63) is 33.7 Å². The number of aromatic amines is 1. The Kier molecular flexibility index (Phi) is 2.71. The maximum Gasteiger partial charge on any atom is 0.354 e. The quantitative estimate of drug-likeness (QED) is 0.818. The Bertz CT molecular complexity index is 577. The molecule has 2 rings (SSSR count). The Morgan fingerprint density at radius 3 is 2.81 bits per heavy atom. The molecule has 0 saturated carbocycles. The predicted molar refractivity (Wildman–Crippen MR) is 62.0 cm³/mol. The monoisotopic (exact) mass is 285 g/mol. The van der Waals surface area contributed by atoms with Crippen molar-refractivity contribution in [1.29, 1.82) is 0 Å². The molecule has 0 unspecified atom stereocenters. The van der Waals surface area contributed by atoms with Gasteiger partial charge < -0.3 is 9.72 Å².